The van der Waals surface area contributed by atoms with E-state index < -0.39 is 17.5 Å². The summed E-state index contributed by atoms with van der Waals surface area (Å²) in [5.74, 6) is 0.511. The third-order valence-corrected chi connectivity index (χ3v) is 5.58. The zero-order chi connectivity index (χ0) is 21.6. The number of amides is 3. The second-order valence-electron chi connectivity index (χ2n) is 7.66. The van der Waals surface area contributed by atoms with Crippen molar-refractivity contribution in [2.45, 2.75) is 32.4 Å². The second kappa shape index (κ2) is 7.09. The largest absolute Gasteiger partial charge is 0.458 e. The van der Waals surface area contributed by atoms with Gasteiger partial charge < -0.3 is 14.3 Å². The third-order valence-electron chi connectivity index (χ3n) is 5.58. The highest BCUT2D eigenvalue weighted by Crippen LogP contribution is 2.33. The highest BCUT2D eigenvalue weighted by atomic mass is 16.5. The summed E-state index contributed by atoms with van der Waals surface area (Å²) < 4.78 is 11.1. The molecule has 0 saturated carbocycles. The fourth-order valence-corrected chi connectivity index (χ4v) is 3.70. The van der Waals surface area contributed by atoms with Crippen molar-refractivity contribution in [3.8, 4) is 11.4 Å². The van der Waals surface area contributed by atoms with E-state index in [1.165, 1.54) is 5.56 Å². The molecule has 1 fully saturated rings. The number of aryl methyl sites for hydroxylation is 1. The number of furan rings is 1. The molecule has 0 bridgehead atoms. The molecule has 1 unspecified atom stereocenters. The number of urea groups is 1. The van der Waals surface area contributed by atoms with Gasteiger partial charge in [0.25, 0.3) is 5.91 Å². The van der Waals surface area contributed by atoms with E-state index in [2.05, 4.69) is 22.4 Å². The Morgan fingerprint density at radius 2 is 1.87 bits per heavy atom. The summed E-state index contributed by atoms with van der Waals surface area (Å²) in [5, 5.41) is 7.57. The van der Waals surface area contributed by atoms with Crippen LogP contribution in [0.4, 0.5) is 4.79 Å². The Morgan fingerprint density at radius 1 is 1.10 bits per heavy atom. The molecule has 8 heteroatoms. The van der Waals surface area contributed by atoms with Crippen molar-refractivity contribution in [1.82, 2.24) is 20.4 Å². The fraction of sp³-hybridized carbons (Fsp3) is 0.217. The van der Waals surface area contributed by atoms with Crippen LogP contribution in [0.3, 0.4) is 0 Å². The van der Waals surface area contributed by atoms with Gasteiger partial charge in [-0.1, -0.05) is 54.5 Å². The van der Waals surface area contributed by atoms with Crippen molar-refractivity contribution in [2.24, 2.45) is 0 Å². The first kappa shape index (κ1) is 19.0. The first-order valence-corrected chi connectivity index (χ1v) is 10.0. The molecule has 1 aliphatic rings. The van der Waals surface area contributed by atoms with E-state index in [1.807, 2.05) is 48.5 Å². The predicted octanol–water partition coefficient (Wildman–Crippen LogP) is 4.01. The zero-order valence-electron chi connectivity index (χ0n) is 17.1. The molecule has 0 aliphatic carbocycles. The summed E-state index contributed by atoms with van der Waals surface area (Å²) in [7, 11) is 0. The molecule has 1 N–H and O–H groups in total. The number of nitrogens with zero attached hydrogens (tertiary/aromatic N) is 3. The SMILES string of the molecule is CCc1ccc(-c2noc(CN3C(=O)NC(C)(c4cc5ccccc5o4)C3=O)n2)cc1. The van der Waals surface area contributed by atoms with Gasteiger partial charge in [-0.25, -0.2) is 4.79 Å². The van der Waals surface area contributed by atoms with Crippen LogP contribution in [0.25, 0.3) is 22.4 Å². The van der Waals surface area contributed by atoms with Gasteiger partial charge in [-0.05, 0) is 31.0 Å². The molecule has 3 heterocycles. The summed E-state index contributed by atoms with van der Waals surface area (Å²) in [6.45, 7) is 3.58. The molecule has 1 saturated heterocycles. The average molecular weight is 416 g/mol. The lowest BCUT2D eigenvalue weighted by atomic mass is 9.99. The normalized spacial score (nSPS) is 18.7. The van der Waals surface area contributed by atoms with Gasteiger partial charge in [0.15, 0.2) is 5.54 Å². The average Bonchev–Trinajstić information content (AvgIpc) is 3.48. The maximum Gasteiger partial charge on any atom is 0.325 e. The Morgan fingerprint density at radius 3 is 2.61 bits per heavy atom. The maximum atomic E-state index is 13.2. The van der Waals surface area contributed by atoms with Crippen LogP contribution in [0.15, 0.2) is 63.5 Å². The Balaban J connectivity index is 1.38. The number of hydrogen-bond acceptors (Lipinski definition) is 6. The summed E-state index contributed by atoms with van der Waals surface area (Å²) in [4.78, 5) is 31.2. The van der Waals surface area contributed by atoms with E-state index in [0.29, 0.717) is 17.2 Å². The number of imide groups is 1. The van der Waals surface area contributed by atoms with Crippen LogP contribution in [-0.4, -0.2) is 27.0 Å². The minimum atomic E-state index is -1.31. The standard InChI is InChI=1S/C23H20N4O4/c1-3-14-8-10-15(11-9-14)20-24-19(31-26-20)13-27-21(28)23(2,25-22(27)29)18-12-16-6-4-5-7-17(16)30-18/h4-12H,3,13H2,1-2H3,(H,25,29). The summed E-state index contributed by atoms with van der Waals surface area (Å²) in [5.41, 5.74) is 1.35. The van der Waals surface area contributed by atoms with Gasteiger partial charge in [0.05, 0.1) is 0 Å². The summed E-state index contributed by atoms with van der Waals surface area (Å²) >= 11 is 0. The highest BCUT2D eigenvalue weighted by molar-refractivity contribution is 6.07. The number of benzene rings is 2. The lowest BCUT2D eigenvalue weighted by molar-refractivity contribution is -0.132. The molecule has 1 atom stereocenters. The van der Waals surface area contributed by atoms with Crippen LogP contribution >= 0.6 is 0 Å². The van der Waals surface area contributed by atoms with Crippen LogP contribution in [0.2, 0.25) is 0 Å². The van der Waals surface area contributed by atoms with E-state index >= 15 is 0 Å². The van der Waals surface area contributed by atoms with Gasteiger partial charge in [0, 0.05) is 10.9 Å². The van der Waals surface area contributed by atoms with Gasteiger partial charge >= 0.3 is 6.03 Å². The van der Waals surface area contributed by atoms with Crippen LogP contribution < -0.4 is 5.32 Å². The number of aromatic nitrogens is 2. The Bertz CT molecular complexity index is 1260. The molecule has 5 rings (SSSR count). The molecular weight excluding hydrogens is 396 g/mol. The highest BCUT2D eigenvalue weighted by Gasteiger charge is 2.51. The van der Waals surface area contributed by atoms with E-state index in [9.17, 15) is 9.59 Å². The van der Waals surface area contributed by atoms with Gasteiger partial charge in [0.2, 0.25) is 11.7 Å². The van der Waals surface area contributed by atoms with E-state index in [0.717, 1.165) is 22.3 Å². The topological polar surface area (TPSA) is 101 Å². The molecule has 3 amide bonds. The van der Waals surface area contributed by atoms with E-state index in [1.54, 1.807) is 13.0 Å². The molecule has 0 radical (unpaired) electrons. The van der Waals surface area contributed by atoms with Crippen LogP contribution in [0.1, 0.15) is 31.1 Å². The predicted molar refractivity (Wildman–Crippen MR) is 112 cm³/mol. The minimum Gasteiger partial charge on any atom is -0.458 e. The number of hydrogen-bond donors (Lipinski definition) is 1. The first-order chi connectivity index (χ1) is 15.0. The number of para-hydroxylation sites is 1. The Labute approximate surface area is 177 Å². The quantitative estimate of drug-likeness (QED) is 0.493. The van der Waals surface area contributed by atoms with Crippen molar-refractivity contribution in [1.29, 1.82) is 0 Å². The minimum absolute atomic E-state index is 0.124. The third kappa shape index (κ3) is 3.16. The van der Waals surface area contributed by atoms with Crippen molar-refractivity contribution in [3.05, 3.63) is 71.8 Å². The van der Waals surface area contributed by atoms with Gasteiger partial charge in [0.1, 0.15) is 17.9 Å². The Hall–Kier alpha value is -3.94. The van der Waals surface area contributed by atoms with E-state index in [-0.39, 0.29) is 12.4 Å². The maximum absolute atomic E-state index is 13.2. The molecule has 8 nitrogen and oxygen atoms in total. The zero-order valence-corrected chi connectivity index (χ0v) is 17.1. The van der Waals surface area contributed by atoms with Crippen molar-refractivity contribution in [2.75, 3.05) is 0 Å². The second-order valence-corrected chi connectivity index (χ2v) is 7.66. The molecule has 156 valence electrons. The van der Waals surface area contributed by atoms with Crippen LogP contribution in [0.5, 0.6) is 0 Å². The number of carbonyl (C=O) groups excluding carboxylic acids is 2. The number of fused-ring (bicyclic) bond motifs is 1. The molecule has 2 aromatic carbocycles. The van der Waals surface area contributed by atoms with Gasteiger partial charge in [-0.2, -0.15) is 4.98 Å². The smallest absolute Gasteiger partial charge is 0.325 e. The number of carbonyl (C=O) groups is 2. The molecular formula is C23H20N4O4. The van der Waals surface area contributed by atoms with Gasteiger partial charge in [-0.3, -0.25) is 9.69 Å². The van der Waals surface area contributed by atoms with Crippen molar-refractivity contribution in [3.63, 3.8) is 0 Å². The number of rotatable bonds is 5. The molecule has 2 aromatic heterocycles. The van der Waals surface area contributed by atoms with Crippen molar-refractivity contribution >= 4 is 22.9 Å². The molecule has 0 spiro atoms. The lowest BCUT2D eigenvalue weighted by Gasteiger charge is -2.18. The van der Waals surface area contributed by atoms with E-state index in [4.69, 9.17) is 8.94 Å². The monoisotopic (exact) mass is 416 g/mol. The summed E-state index contributed by atoms with van der Waals surface area (Å²) in [6.07, 6.45) is 0.938. The number of nitrogens with one attached hydrogen (secondary N) is 1. The first-order valence-electron chi connectivity index (χ1n) is 10.0. The molecule has 4 aromatic rings. The van der Waals surface area contributed by atoms with Gasteiger partial charge in [-0.15, -0.1) is 0 Å². The lowest BCUT2D eigenvalue weighted by Crippen LogP contribution is -2.40. The fourth-order valence-electron chi connectivity index (χ4n) is 3.70. The summed E-state index contributed by atoms with van der Waals surface area (Å²) in [6, 6.07) is 16.5. The molecule has 31 heavy (non-hydrogen) atoms. The van der Waals surface area contributed by atoms with Crippen LogP contribution in [-0.2, 0) is 23.3 Å². The van der Waals surface area contributed by atoms with Crippen molar-refractivity contribution < 1.29 is 18.5 Å². The molecule has 1 aliphatic heterocycles. The van der Waals surface area contributed by atoms with Crippen LogP contribution in [0, 0.1) is 0 Å². The Kier molecular flexibility index (Phi) is 4.35.